The Labute approximate surface area is 58.2 Å². The summed E-state index contributed by atoms with van der Waals surface area (Å²) in [5.41, 5.74) is 7.47. The van der Waals surface area contributed by atoms with Crippen molar-refractivity contribution in [1.82, 2.24) is 0 Å². The van der Waals surface area contributed by atoms with Gasteiger partial charge in [0.25, 0.3) is 0 Å². The van der Waals surface area contributed by atoms with Crippen molar-refractivity contribution in [1.29, 1.82) is 0 Å². The predicted octanol–water partition coefficient (Wildman–Crippen LogP) is -1.15. The lowest BCUT2D eigenvalue weighted by Crippen LogP contribution is -2.51. The molecule has 0 bridgehead atoms. The predicted molar refractivity (Wildman–Crippen MR) is 40.4 cm³/mol. The van der Waals surface area contributed by atoms with Gasteiger partial charge in [-0.1, -0.05) is 21.6 Å². The van der Waals surface area contributed by atoms with Crippen molar-refractivity contribution in [2.45, 2.75) is 0 Å². The van der Waals surface area contributed by atoms with E-state index in [1.165, 1.54) is 11.5 Å². The lowest BCUT2D eigenvalue weighted by molar-refractivity contribution is -0.360. The minimum absolute atomic E-state index is 1.04. The van der Waals surface area contributed by atoms with Crippen molar-refractivity contribution < 1.29 is 11.5 Å². The van der Waals surface area contributed by atoms with E-state index < -0.39 is 0 Å². The van der Waals surface area contributed by atoms with Crippen molar-refractivity contribution in [3.8, 4) is 0 Å². The molecule has 50 valence electrons. The van der Waals surface area contributed by atoms with Gasteiger partial charge in [0.1, 0.15) is 0 Å². The van der Waals surface area contributed by atoms with Crippen molar-refractivity contribution in [3.63, 3.8) is 0 Å². The maximum atomic E-state index is 3.73. The van der Waals surface area contributed by atoms with Gasteiger partial charge >= 0.3 is 0 Å². The molecule has 0 aliphatic rings. The Kier molecular flexibility index (Phi) is 8.21. The minimum Gasteiger partial charge on any atom is -0.357 e. The first-order valence-electron chi connectivity index (χ1n) is 2.74. The molecule has 6 N–H and O–H groups in total. The summed E-state index contributed by atoms with van der Waals surface area (Å²) in [4.78, 5) is 0. The molecule has 0 aromatic heterocycles. The summed E-state index contributed by atoms with van der Waals surface area (Å²) >= 11 is 0. The second kappa shape index (κ2) is 7.62. The normalized spacial score (nSPS) is 9.75. The van der Waals surface area contributed by atoms with Gasteiger partial charge in [0.15, 0.2) is 0 Å². The first-order valence-corrected chi connectivity index (χ1v) is 5.23. The van der Waals surface area contributed by atoms with E-state index in [-0.39, 0.29) is 0 Å². The molecule has 0 aromatic rings. The fraction of sp³-hybridized carbons (Fsp3) is 1.00. The molecular formula is C4H14N2S2+2. The third-order valence-corrected chi connectivity index (χ3v) is 3.12. The van der Waals surface area contributed by atoms with E-state index in [1.54, 1.807) is 0 Å². The van der Waals surface area contributed by atoms with Crippen LogP contribution in [0.4, 0.5) is 0 Å². The zero-order chi connectivity index (χ0) is 6.24. The zero-order valence-corrected chi connectivity index (χ0v) is 6.69. The van der Waals surface area contributed by atoms with Gasteiger partial charge in [0.05, 0.1) is 24.6 Å². The van der Waals surface area contributed by atoms with Gasteiger partial charge in [-0.2, -0.15) is 0 Å². The highest BCUT2D eigenvalue weighted by atomic mass is 33.1. The third-order valence-electron chi connectivity index (χ3n) is 0.539. The van der Waals surface area contributed by atoms with Crippen LogP contribution in [0.1, 0.15) is 0 Å². The summed E-state index contributed by atoms with van der Waals surface area (Å²) < 4.78 is 0. The average molecular weight is 154 g/mol. The number of hydrogen-bond acceptors (Lipinski definition) is 2. The van der Waals surface area contributed by atoms with E-state index in [0.29, 0.717) is 0 Å². The number of quaternary nitrogens is 2. The Morgan fingerprint density at radius 3 is 1.50 bits per heavy atom. The summed E-state index contributed by atoms with van der Waals surface area (Å²) in [5, 5.41) is 0. The molecule has 0 saturated carbocycles. The summed E-state index contributed by atoms with van der Waals surface area (Å²) in [6.45, 7) is 2.07. The largest absolute Gasteiger partial charge is 0.357 e. The SMILES string of the molecule is [NH3+]CCSSCC[NH3+]. The first-order chi connectivity index (χ1) is 3.91. The summed E-state index contributed by atoms with van der Waals surface area (Å²) in [5.74, 6) is 2.34. The molecular weight excluding hydrogens is 140 g/mol. The summed E-state index contributed by atoms with van der Waals surface area (Å²) in [7, 11) is 3.78. The molecule has 0 aromatic carbocycles. The Morgan fingerprint density at radius 2 is 1.25 bits per heavy atom. The molecule has 4 heteroatoms. The van der Waals surface area contributed by atoms with E-state index >= 15 is 0 Å². The zero-order valence-electron chi connectivity index (χ0n) is 5.06. The van der Waals surface area contributed by atoms with Crippen LogP contribution in [0, 0.1) is 0 Å². The van der Waals surface area contributed by atoms with Crippen molar-refractivity contribution >= 4 is 21.6 Å². The van der Waals surface area contributed by atoms with Gasteiger partial charge in [0.2, 0.25) is 0 Å². The lowest BCUT2D eigenvalue weighted by Gasteiger charge is -1.91. The molecule has 0 atom stereocenters. The molecule has 0 rings (SSSR count). The van der Waals surface area contributed by atoms with Crippen LogP contribution < -0.4 is 11.5 Å². The van der Waals surface area contributed by atoms with Crippen molar-refractivity contribution in [3.05, 3.63) is 0 Å². The van der Waals surface area contributed by atoms with Crippen LogP contribution in [-0.4, -0.2) is 24.6 Å². The summed E-state index contributed by atoms with van der Waals surface area (Å²) in [6, 6.07) is 0. The van der Waals surface area contributed by atoms with Crippen LogP contribution in [0.3, 0.4) is 0 Å². The highest BCUT2D eigenvalue weighted by molar-refractivity contribution is 8.76. The Balaban J connectivity index is 2.53. The average Bonchev–Trinajstić information content (AvgIpc) is 1.81. The van der Waals surface area contributed by atoms with Gasteiger partial charge in [-0.15, -0.1) is 0 Å². The smallest absolute Gasteiger partial charge is 0.0840 e. The fourth-order valence-corrected chi connectivity index (χ4v) is 2.12. The van der Waals surface area contributed by atoms with Crippen molar-refractivity contribution in [2.75, 3.05) is 24.6 Å². The van der Waals surface area contributed by atoms with Crippen LogP contribution in [0.5, 0.6) is 0 Å². The third kappa shape index (κ3) is 6.62. The molecule has 0 saturated heterocycles. The Bertz CT molecular complexity index is 37.0. The van der Waals surface area contributed by atoms with E-state index in [0.717, 1.165) is 13.1 Å². The second-order valence-electron chi connectivity index (χ2n) is 1.35. The molecule has 0 fully saturated rings. The maximum absolute atomic E-state index is 3.73. The Hall–Kier alpha value is 0.620. The van der Waals surface area contributed by atoms with Crippen molar-refractivity contribution in [2.24, 2.45) is 0 Å². The van der Waals surface area contributed by atoms with Gasteiger partial charge in [-0.05, 0) is 0 Å². The van der Waals surface area contributed by atoms with Gasteiger partial charge in [-0.25, -0.2) is 0 Å². The molecule has 0 aliphatic heterocycles. The standard InChI is InChI=1S/C4H12N2S2/c5-1-3-7-8-4-2-6/h1-6H2/p+2. The molecule has 0 amide bonds. The van der Waals surface area contributed by atoms with E-state index in [1.807, 2.05) is 21.6 Å². The molecule has 0 aliphatic carbocycles. The van der Waals surface area contributed by atoms with Crippen LogP contribution in [0.15, 0.2) is 0 Å². The molecule has 2 nitrogen and oxygen atoms in total. The molecule has 0 radical (unpaired) electrons. The molecule has 0 heterocycles. The monoisotopic (exact) mass is 154 g/mol. The highest BCUT2D eigenvalue weighted by Gasteiger charge is 1.87. The quantitative estimate of drug-likeness (QED) is 0.388. The van der Waals surface area contributed by atoms with Gasteiger partial charge in [-0.3, -0.25) is 0 Å². The molecule has 0 unspecified atom stereocenters. The van der Waals surface area contributed by atoms with E-state index in [9.17, 15) is 0 Å². The van der Waals surface area contributed by atoms with E-state index in [4.69, 9.17) is 0 Å². The van der Waals surface area contributed by atoms with Gasteiger partial charge < -0.3 is 11.5 Å². The van der Waals surface area contributed by atoms with Gasteiger partial charge in [0, 0.05) is 0 Å². The van der Waals surface area contributed by atoms with Crippen LogP contribution in [0.2, 0.25) is 0 Å². The first kappa shape index (κ1) is 8.62. The maximum Gasteiger partial charge on any atom is 0.0840 e. The second-order valence-corrected chi connectivity index (χ2v) is 4.05. The van der Waals surface area contributed by atoms with Crippen LogP contribution in [-0.2, 0) is 0 Å². The fourth-order valence-electron chi connectivity index (χ4n) is 0.236. The highest BCUT2D eigenvalue weighted by Crippen LogP contribution is 2.17. The lowest BCUT2D eigenvalue weighted by atomic mass is 10.8. The number of rotatable bonds is 5. The van der Waals surface area contributed by atoms with Crippen LogP contribution >= 0.6 is 21.6 Å². The number of hydrogen-bond donors (Lipinski definition) is 2. The van der Waals surface area contributed by atoms with Crippen LogP contribution in [0.25, 0.3) is 0 Å². The Morgan fingerprint density at radius 1 is 0.875 bits per heavy atom. The topological polar surface area (TPSA) is 55.3 Å². The van der Waals surface area contributed by atoms with E-state index in [2.05, 4.69) is 11.5 Å². The molecule has 8 heavy (non-hydrogen) atoms. The minimum atomic E-state index is 1.04. The molecule has 0 spiro atoms. The summed E-state index contributed by atoms with van der Waals surface area (Å²) in [6.07, 6.45) is 0.